The summed E-state index contributed by atoms with van der Waals surface area (Å²) in [4.78, 5) is 0. The zero-order valence-electron chi connectivity index (χ0n) is 7.70. The quantitative estimate of drug-likeness (QED) is 0.694. The highest BCUT2D eigenvalue weighted by molar-refractivity contribution is 5.93. The van der Waals surface area contributed by atoms with Crippen LogP contribution in [0, 0.1) is 12.3 Å². The molecule has 2 rings (SSSR count). The Kier molecular flexibility index (Phi) is 1.83. The molecule has 2 aromatic rings. The van der Waals surface area contributed by atoms with E-state index in [-0.39, 0.29) is 0 Å². The van der Waals surface area contributed by atoms with Crippen molar-refractivity contribution in [3.63, 3.8) is 0 Å². The maximum absolute atomic E-state index is 5.76. The number of furan rings is 1. The molecule has 14 heavy (non-hydrogen) atoms. The molecule has 0 aliphatic rings. The maximum Gasteiger partial charge on any atom is 0.200 e. The highest BCUT2D eigenvalue weighted by Crippen LogP contribution is 2.30. The molecule has 0 spiro atoms. The number of nitrogen functional groups attached to an aromatic ring is 1. The van der Waals surface area contributed by atoms with Crippen molar-refractivity contribution in [1.29, 1.82) is 0 Å². The first-order valence-corrected chi connectivity index (χ1v) is 4.09. The van der Waals surface area contributed by atoms with Gasteiger partial charge in [-0.2, -0.15) is 0 Å². The second-order valence-electron chi connectivity index (χ2n) is 2.85. The molecule has 0 aliphatic carbocycles. The molecule has 2 N–H and O–H groups in total. The van der Waals surface area contributed by atoms with Gasteiger partial charge in [-0.1, -0.05) is 0 Å². The Morgan fingerprint density at radius 1 is 1.50 bits per heavy atom. The fourth-order valence-corrected chi connectivity index (χ4v) is 1.33. The first-order chi connectivity index (χ1) is 6.76. The van der Waals surface area contributed by atoms with E-state index >= 15 is 0 Å². The lowest BCUT2D eigenvalue weighted by molar-refractivity contribution is 0.414. The largest absolute Gasteiger partial charge is 0.497 e. The van der Waals surface area contributed by atoms with Crippen LogP contribution in [0.4, 0.5) is 5.69 Å². The lowest BCUT2D eigenvalue weighted by atomic mass is 10.2. The number of terminal acetylenes is 1. The Morgan fingerprint density at radius 2 is 2.29 bits per heavy atom. The summed E-state index contributed by atoms with van der Waals surface area (Å²) in [6, 6.07) is 5.40. The van der Waals surface area contributed by atoms with Gasteiger partial charge in [0.2, 0.25) is 5.76 Å². The molecule has 0 amide bonds. The molecule has 1 aromatic heterocycles. The van der Waals surface area contributed by atoms with Gasteiger partial charge in [-0.05, 0) is 18.1 Å². The van der Waals surface area contributed by atoms with Gasteiger partial charge < -0.3 is 14.9 Å². The number of rotatable bonds is 1. The third kappa shape index (κ3) is 1.09. The van der Waals surface area contributed by atoms with Crippen molar-refractivity contribution in [3.8, 4) is 18.1 Å². The van der Waals surface area contributed by atoms with E-state index in [1.807, 2.05) is 12.1 Å². The molecule has 0 saturated heterocycles. The molecule has 70 valence electrons. The van der Waals surface area contributed by atoms with Crippen molar-refractivity contribution in [3.05, 3.63) is 24.0 Å². The van der Waals surface area contributed by atoms with Crippen LogP contribution in [0.2, 0.25) is 0 Å². The second-order valence-corrected chi connectivity index (χ2v) is 2.85. The number of methoxy groups -OCH3 is 1. The van der Waals surface area contributed by atoms with E-state index in [0.717, 1.165) is 11.1 Å². The lowest BCUT2D eigenvalue weighted by Gasteiger charge is -1.97. The molecular weight excluding hydrogens is 178 g/mol. The molecule has 0 fully saturated rings. The fourth-order valence-electron chi connectivity index (χ4n) is 1.33. The molecule has 0 atom stereocenters. The summed E-state index contributed by atoms with van der Waals surface area (Å²) < 4.78 is 10.4. The lowest BCUT2D eigenvalue weighted by Crippen LogP contribution is -1.85. The van der Waals surface area contributed by atoms with E-state index in [2.05, 4.69) is 5.92 Å². The van der Waals surface area contributed by atoms with Gasteiger partial charge in [0.25, 0.3) is 0 Å². The van der Waals surface area contributed by atoms with Crippen LogP contribution in [0.25, 0.3) is 11.0 Å². The molecule has 0 bridgehead atoms. The predicted octanol–water partition coefficient (Wildman–Crippen LogP) is 2.00. The third-order valence-corrected chi connectivity index (χ3v) is 2.07. The van der Waals surface area contributed by atoms with E-state index in [9.17, 15) is 0 Å². The Bertz CT molecular complexity index is 520. The molecule has 0 aliphatic heterocycles. The minimum absolute atomic E-state index is 0.369. The molecule has 3 heteroatoms. The number of nitrogens with two attached hydrogens (primary N) is 1. The summed E-state index contributed by atoms with van der Waals surface area (Å²) >= 11 is 0. The number of anilines is 1. The summed E-state index contributed by atoms with van der Waals surface area (Å²) in [6.45, 7) is 0. The Balaban J connectivity index is 2.74. The zero-order valence-corrected chi connectivity index (χ0v) is 7.70. The fraction of sp³-hybridized carbons (Fsp3) is 0.0909. The van der Waals surface area contributed by atoms with Gasteiger partial charge in [-0.3, -0.25) is 0 Å². The van der Waals surface area contributed by atoms with E-state index < -0.39 is 0 Å². The Morgan fingerprint density at radius 3 is 2.93 bits per heavy atom. The van der Waals surface area contributed by atoms with Crippen LogP contribution in [0.1, 0.15) is 5.76 Å². The van der Waals surface area contributed by atoms with Gasteiger partial charge >= 0.3 is 0 Å². The molecule has 0 saturated carbocycles. The van der Waals surface area contributed by atoms with Crippen molar-refractivity contribution in [1.82, 2.24) is 0 Å². The molecular formula is C11H9NO2. The third-order valence-electron chi connectivity index (χ3n) is 2.07. The normalized spacial score (nSPS) is 10.0. The summed E-state index contributed by atoms with van der Waals surface area (Å²) in [5.74, 6) is 3.48. The smallest absolute Gasteiger partial charge is 0.200 e. The van der Waals surface area contributed by atoms with Crippen molar-refractivity contribution in [2.45, 2.75) is 0 Å². The second kappa shape index (κ2) is 3.00. The van der Waals surface area contributed by atoms with Crippen LogP contribution in [-0.2, 0) is 0 Å². The number of hydrogen-bond acceptors (Lipinski definition) is 3. The molecule has 3 nitrogen and oxygen atoms in total. The van der Waals surface area contributed by atoms with E-state index in [0.29, 0.717) is 17.0 Å². The minimum atomic E-state index is 0.369. The molecule has 0 unspecified atom stereocenters. The summed E-state index contributed by atoms with van der Waals surface area (Å²) in [7, 11) is 1.59. The van der Waals surface area contributed by atoms with Gasteiger partial charge in [0.15, 0.2) is 0 Å². The van der Waals surface area contributed by atoms with Crippen LogP contribution in [0.5, 0.6) is 5.75 Å². The topological polar surface area (TPSA) is 48.4 Å². The Hall–Kier alpha value is -2.08. The maximum atomic E-state index is 5.76. The molecule has 1 aromatic carbocycles. The number of ether oxygens (including phenoxy) is 1. The van der Waals surface area contributed by atoms with E-state index in [4.69, 9.17) is 21.3 Å². The van der Waals surface area contributed by atoms with Gasteiger partial charge in [-0.15, -0.1) is 6.42 Å². The SMILES string of the molecule is C#Cc1oc2cc(OC)ccc2c1N. The van der Waals surface area contributed by atoms with Gasteiger partial charge in [0, 0.05) is 11.5 Å². The Labute approximate surface area is 81.5 Å². The molecule has 0 radical (unpaired) electrons. The number of fused-ring (bicyclic) bond motifs is 1. The standard InChI is InChI=1S/C11H9NO2/c1-3-9-11(12)8-5-4-7(13-2)6-10(8)14-9/h1,4-6H,12H2,2H3. The molecule has 1 heterocycles. The van der Waals surface area contributed by atoms with Crippen molar-refractivity contribution in [2.24, 2.45) is 0 Å². The van der Waals surface area contributed by atoms with Crippen LogP contribution in [0.15, 0.2) is 22.6 Å². The van der Waals surface area contributed by atoms with Crippen LogP contribution in [-0.4, -0.2) is 7.11 Å². The van der Waals surface area contributed by atoms with Crippen LogP contribution >= 0.6 is 0 Å². The highest BCUT2D eigenvalue weighted by atomic mass is 16.5. The van der Waals surface area contributed by atoms with Gasteiger partial charge in [0.05, 0.1) is 12.8 Å². The average molecular weight is 187 g/mol. The number of benzene rings is 1. The highest BCUT2D eigenvalue weighted by Gasteiger charge is 2.09. The van der Waals surface area contributed by atoms with Crippen molar-refractivity contribution in [2.75, 3.05) is 12.8 Å². The zero-order chi connectivity index (χ0) is 10.1. The summed E-state index contributed by atoms with van der Waals surface area (Å²) in [5, 5.41) is 0.818. The van der Waals surface area contributed by atoms with E-state index in [1.54, 1.807) is 13.2 Å². The average Bonchev–Trinajstić information content (AvgIpc) is 2.55. The predicted molar refractivity (Wildman–Crippen MR) is 55.1 cm³/mol. The summed E-state index contributed by atoms with van der Waals surface area (Å²) in [5.41, 5.74) is 6.92. The van der Waals surface area contributed by atoms with Crippen LogP contribution in [0.3, 0.4) is 0 Å². The first kappa shape index (κ1) is 8.52. The van der Waals surface area contributed by atoms with E-state index in [1.165, 1.54) is 0 Å². The minimum Gasteiger partial charge on any atom is -0.497 e. The van der Waals surface area contributed by atoms with Gasteiger partial charge in [-0.25, -0.2) is 0 Å². The first-order valence-electron chi connectivity index (χ1n) is 4.09. The van der Waals surface area contributed by atoms with Gasteiger partial charge in [0.1, 0.15) is 11.3 Å². The van der Waals surface area contributed by atoms with Crippen molar-refractivity contribution >= 4 is 16.7 Å². The monoisotopic (exact) mass is 187 g/mol. The summed E-state index contributed by atoms with van der Waals surface area (Å²) in [6.07, 6.45) is 5.23. The number of hydrogen-bond donors (Lipinski definition) is 1. The van der Waals surface area contributed by atoms with Crippen LogP contribution < -0.4 is 10.5 Å². The van der Waals surface area contributed by atoms with Crippen molar-refractivity contribution < 1.29 is 9.15 Å².